The second-order valence-corrected chi connectivity index (χ2v) is 4.86. The van der Waals surface area contributed by atoms with Gasteiger partial charge in [-0.3, -0.25) is 4.79 Å². The fourth-order valence-electron chi connectivity index (χ4n) is 1.42. The van der Waals surface area contributed by atoms with Gasteiger partial charge < -0.3 is 4.42 Å². The highest BCUT2D eigenvalue weighted by atomic mass is 32.2. The summed E-state index contributed by atoms with van der Waals surface area (Å²) in [6.45, 7) is 3.54. The third-order valence-corrected chi connectivity index (χ3v) is 3.43. The van der Waals surface area contributed by atoms with Crippen molar-refractivity contribution in [2.24, 2.45) is 0 Å². The Morgan fingerprint density at radius 3 is 2.44 bits per heavy atom. The lowest BCUT2D eigenvalue weighted by Gasteiger charge is -2.00. The molecular formula is C13H14N2O2S. The molecule has 1 heterocycles. The largest absolute Gasteiger partial charge is 0.424 e. The van der Waals surface area contributed by atoms with Crippen LogP contribution in [0.5, 0.6) is 0 Å². The van der Waals surface area contributed by atoms with Crippen LogP contribution in [0.2, 0.25) is 0 Å². The number of ketones is 1. The van der Waals surface area contributed by atoms with Crippen molar-refractivity contribution in [1.29, 1.82) is 0 Å². The summed E-state index contributed by atoms with van der Waals surface area (Å²) in [5, 5.41) is 7.87. The molecule has 0 atom stereocenters. The molecule has 0 amide bonds. The number of aromatic nitrogens is 2. The van der Waals surface area contributed by atoms with E-state index in [1.54, 1.807) is 18.7 Å². The first-order valence-electron chi connectivity index (χ1n) is 5.74. The summed E-state index contributed by atoms with van der Waals surface area (Å²) in [4.78, 5) is 12.2. The van der Waals surface area contributed by atoms with Crippen LogP contribution in [0.15, 0.2) is 33.6 Å². The van der Waals surface area contributed by atoms with Gasteiger partial charge in [0.2, 0.25) is 11.8 Å². The summed E-state index contributed by atoms with van der Waals surface area (Å²) < 4.78 is 5.42. The Bertz CT molecular complexity index is 534. The smallest absolute Gasteiger partial charge is 0.226 e. The molecule has 18 heavy (non-hydrogen) atoms. The number of rotatable bonds is 5. The highest BCUT2D eigenvalue weighted by molar-refractivity contribution is 7.98. The minimum atomic E-state index is 0.0797. The molecule has 0 bridgehead atoms. The van der Waals surface area contributed by atoms with Gasteiger partial charge in [-0.2, -0.15) is 0 Å². The van der Waals surface area contributed by atoms with E-state index in [2.05, 4.69) is 10.2 Å². The van der Waals surface area contributed by atoms with Crippen molar-refractivity contribution in [2.45, 2.75) is 30.9 Å². The Morgan fingerprint density at radius 1 is 1.22 bits per heavy atom. The molecule has 5 heteroatoms. The molecule has 0 fully saturated rings. The van der Waals surface area contributed by atoms with Gasteiger partial charge in [-0.1, -0.05) is 19.1 Å². The van der Waals surface area contributed by atoms with Crippen molar-refractivity contribution in [2.75, 3.05) is 0 Å². The van der Waals surface area contributed by atoms with Gasteiger partial charge in [0.05, 0.1) is 5.75 Å². The average Bonchev–Trinajstić information content (AvgIpc) is 2.85. The summed E-state index contributed by atoms with van der Waals surface area (Å²) in [6.07, 6.45) is 0.755. The maximum Gasteiger partial charge on any atom is 0.226 e. The molecular weight excluding hydrogens is 248 g/mol. The number of hydrogen-bond donors (Lipinski definition) is 0. The highest BCUT2D eigenvalue weighted by Gasteiger charge is 2.05. The lowest BCUT2D eigenvalue weighted by atomic mass is 10.2. The quantitative estimate of drug-likeness (QED) is 0.612. The molecule has 4 nitrogen and oxygen atoms in total. The standard InChI is InChI=1S/C13H14N2O2S/c1-3-12-14-15-13(17-12)8-18-11-6-4-10(5-7-11)9(2)16/h4-7H,3,8H2,1-2H3. The zero-order valence-electron chi connectivity index (χ0n) is 10.3. The molecule has 1 aromatic carbocycles. The zero-order chi connectivity index (χ0) is 13.0. The molecule has 0 saturated heterocycles. The van der Waals surface area contributed by atoms with Crippen molar-refractivity contribution in [3.05, 3.63) is 41.6 Å². The van der Waals surface area contributed by atoms with Gasteiger partial charge >= 0.3 is 0 Å². The molecule has 2 rings (SSSR count). The number of carbonyl (C=O) groups excluding carboxylic acids is 1. The Labute approximate surface area is 110 Å². The number of aryl methyl sites for hydroxylation is 1. The van der Waals surface area contributed by atoms with E-state index in [0.29, 0.717) is 17.5 Å². The van der Waals surface area contributed by atoms with Crippen LogP contribution in [0.3, 0.4) is 0 Å². The monoisotopic (exact) mass is 262 g/mol. The Balaban J connectivity index is 1.95. The fraction of sp³-hybridized carbons (Fsp3) is 0.308. The summed E-state index contributed by atoms with van der Waals surface area (Å²) in [7, 11) is 0. The first-order valence-corrected chi connectivity index (χ1v) is 6.72. The zero-order valence-corrected chi connectivity index (χ0v) is 11.2. The predicted molar refractivity (Wildman–Crippen MR) is 69.7 cm³/mol. The maximum absolute atomic E-state index is 11.1. The van der Waals surface area contributed by atoms with Crippen LogP contribution in [0.25, 0.3) is 0 Å². The second-order valence-electron chi connectivity index (χ2n) is 3.81. The van der Waals surface area contributed by atoms with Crippen LogP contribution in [-0.4, -0.2) is 16.0 Å². The third-order valence-electron chi connectivity index (χ3n) is 2.43. The number of Topliss-reactive ketones (excluding diaryl/α,β-unsaturated/α-hetero) is 1. The van der Waals surface area contributed by atoms with E-state index in [1.807, 2.05) is 31.2 Å². The normalized spacial score (nSPS) is 10.6. The third kappa shape index (κ3) is 3.20. The van der Waals surface area contributed by atoms with E-state index in [-0.39, 0.29) is 5.78 Å². The fourth-order valence-corrected chi connectivity index (χ4v) is 2.16. The number of hydrogen-bond acceptors (Lipinski definition) is 5. The van der Waals surface area contributed by atoms with E-state index in [4.69, 9.17) is 4.42 Å². The van der Waals surface area contributed by atoms with E-state index in [9.17, 15) is 4.79 Å². The first kappa shape index (κ1) is 12.8. The van der Waals surface area contributed by atoms with Crippen molar-refractivity contribution >= 4 is 17.5 Å². The Morgan fingerprint density at radius 2 is 1.89 bits per heavy atom. The summed E-state index contributed by atoms with van der Waals surface area (Å²) in [6, 6.07) is 7.52. The van der Waals surface area contributed by atoms with E-state index in [1.165, 1.54) is 0 Å². The SMILES string of the molecule is CCc1nnc(CSc2ccc(C(C)=O)cc2)o1. The minimum absolute atomic E-state index is 0.0797. The molecule has 0 N–H and O–H groups in total. The molecule has 0 aliphatic carbocycles. The molecule has 0 spiro atoms. The second kappa shape index (κ2) is 5.82. The van der Waals surface area contributed by atoms with Gasteiger partial charge in [0.15, 0.2) is 5.78 Å². The van der Waals surface area contributed by atoms with Crippen LogP contribution in [-0.2, 0) is 12.2 Å². The summed E-state index contributed by atoms with van der Waals surface area (Å²) >= 11 is 1.61. The molecule has 94 valence electrons. The number of nitrogens with zero attached hydrogens (tertiary/aromatic N) is 2. The van der Waals surface area contributed by atoms with Gasteiger partial charge in [0, 0.05) is 16.9 Å². The first-order chi connectivity index (χ1) is 8.69. The maximum atomic E-state index is 11.1. The number of carbonyl (C=O) groups is 1. The van der Waals surface area contributed by atoms with Crippen LogP contribution >= 0.6 is 11.8 Å². The van der Waals surface area contributed by atoms with Crippen LogP contribution in [0, 0.1) is 0 Å². The topological polar surface area (TPSA) is 56.0 Å². The molecule has 0 unspecified atom stereocenters. The molecule has 0 aliphatic heterocycles. The van der Waals surface area contributed by atoms with Gasteiger partial charge in [0.25, 0.3) is 0 Å². The minimum Gasteiger partial charge on any atom is -0.424 e. The summed E-state index contributed by atoms with van der Waals surface area (Å²) in [5.41, 5.74) is 0.727. The number of thioether (sulfide) groups is 1. The Hall–Kier alpha value is -1.62. The van der Waals surface area contributed by atoms with E-state index in [0.717, 1.165) is 16.9 Å². The lowest BCUT2D eigenvalue weighted by Crippen LogP contribution is -1.90. The van der Waals surface area contributed by atoms with Crippen LogP contribution < -0.4 is 0 Å². The van der Waals surface area contributed by atoms with Crippen molar-refractivity contribution < 1.29 is 9.21 Å². The Kier molecular flexibility index (Phi) is 4.15. The molecule has 2 aromatic rings. The average molecular weight is 262 g/mol. The van der Waals surface area contributed by atoms with Crippen LogP contribution in [0.4, 0.5) is 0 Å². The molecule has 1 aromatic heterocycles. The van der Waals surface area contributed by atoms with Gasteiger partial charge in [-0.05, 0) is 19.1 Å². The molecule has 0 radical (unpaired) electrons. The van der Waals surface area contributed by atoms with Crippen LogP contribution in [0.1, 0.15) is 36.0 Å². The predicted octanol–water partition coefficient (Wildman–Crippen LogP) is 3.13. The lowest BCUT2D eigenvalue weighted by molar-refractivity contribution is 0.101. The van der Waals surface area contributed by atoms with Gasteiger partial charge in [0.1, 0.15) is 0 Å². The van der Waals surface area contributed by atoms with Gasteiger partial charge in [-0.25, -0.2) is 0 Å². The van der Waals surface area contributed by atoms with Crippen molar-refractivity contribution in [3.63, 3.8) is 0 Å². The van der Waals surface area contributed by atoms with Crippen molar-refractivity contribution in [1.82, 2.24) is 10.2 Å². The number of benzene rings is 1. The van der Waals surface area contributed by atoms with Crippen molar-refractivity contribution in [3.8, 4) is 0 Å². The summed E-state index contributed by atoms with van der Waals surface area (Å²) in [5.74, 6) is 2.02. The van der Waals surface area contributed by atoms with Gasteiger partial charge in [-0.15, -0.1) is 22.0 Å². The van der Waals surface area contributed by atoms with E-state index < -0.39 is 0 Å². The molecule has 0 saturated carbocycles. The molecule has 0 aliphatic rings. The van der Waals surface area contributed by atoms with E-state index >= 15 is 0 Å². The highest BCUT2D eigenvalue weighted by Crippen LogP contribution is 2.22.